The van der Waals surface area contributed by atoms with E-state index in [-0.39, 0.29) is 18.4 Å². The summed E-state index contributed by atoms with van der Waals surface area (Å²) in [7, 11) is 0. The molecule has 20 heavy (non-hydrogen) atoms. The van der Waals surface area contributed by atoms with Gasteiger partial charge in [0.25, 0.3) is 5.91 Å². The third-order valence-corrected chi connectivity index (χ3v) is 3.18. The zero-order valence-electron chi connectivity index (χ0n) is 10.8. The first-order valence-electron chi connectivity index (χ1n) is 6.26. The molecule has 1 unspecified atom stereocenters. The second kappa shape index (κ2) is 7.03. The van der Waals surface area contributed by atoms with E-state index in [2.05, 4.69) is 10.3 Å². The Labute approximate surface area is 122 Å². The molecule has 0 aliphatic rings. The van der Waals surface area contributed by atoms with Gasteiger partial charge in [-0.25, -0.2) is 4.98 Å². The quantitative estimate of drug-likeness (QED) is 0.888. The van der Waals surface area contributed by atoms with Crippen molar-refractivity contribution in [2.45, 2.75) is 5.92 Å². The lowest BCUT2D eigenvalue weighted by atomic mass is 10.00. The van der Waals surface area contributed by atoms with Crippen LogP contribution in [0.3, 0.4) is 0 Å². The van der Waals surface area contributed by atoms with Crippen molar-refractivity contribution in [3.8, 4) is 0 Å². The Hall–Kier alpha value is -1.91. The predicted molar refractivity (Wildman–Crippen MR) is 77.8 cm³/mol. The topological polar surface area (TPSA) is 62.2 Å². The number of amides is 1. The summed E-state index contributed by atoms with van der Waals surface area (Å²) in [5, 5.41) is 12.7. The zero-order chi connectivity index (χ0) is 14.4. The van der Waals surface area contributed by atoms with Gasteiger partial charge in [-0.15, -0.1) is 0 Å². The van der Waals surface area contributed by atoms with E-state index >= 15 is 0 Å². The van der Waals surface area contributed by atoms with Crippen LogP contribution in [0.25, 0.3) is 0 Å². The number of aromatic nitrogens is 1. The maximum absolute atomic E-state index is 11.9. The Kier molecular flexibility index (Phi) is 5.09. The highest BCUT2D eigenvalue weighted by Gasteiger charge is 2.13. The largest absolute Gasteiger partial charge is 0.396 e. The van der Waals surface area contributed by atoms with E-state index < -0.39 is 0 Å². The molecule has 0 spiro atoms. The van der Waals surface area contributed by atoms with Crippen LogP contribution >= 0.6 is 11.6 Å². The zero-order valence-corrected chi connectivity index (χ0v) is 11.5. The number of benzene rings is 1. The highest BCUT2D eigenvalue weighted by Crippen LogP contribution is 2.14. The molecule has 0 fully saturated rings. The first-order valence-corrected chi connectivity index (χ1v) is 6.64. The Balaban J connectivity index is 1.96. The maximum Gasteiger partial charge on any atom is 0.269 e. The number of hydrogen-bond donors (Lipinski definition) is 2. The highest BCUT2D eigenvalue weighted by molar-refractivity contribution is 6.30. The fourth-order valence-electron chi connectivity index (χ4n) is 1.83. The van der Waals surface area contributed by atoms with Crippen LogP contribution in [0.4, 0.5) is 0 Å². The van der Waals surface area contributed by atoms with E-state index in [1.165, 1.54) is 6.20 Å². The summed E-state index contributed by atoms with van der Waals surface area (Å²) in [5.41, 5.74) is 1.29. The summed E-state index contributed by atoms with van der Waals surface area (Å²) in [6, 6.07) is 12.7. The monoisotopic (exact) mass is 290 g/mol. The number of halogens is 1. The number of hydrogen-bond acceptors (Lipinski definition) is 3. The fraction of sp³-hybridized carbons (Fsp3) is 0.200. The summed E-state index contributed by atoms with van der Waals surface area (Å²) < 4.78 is 0. The molecule has 4 nitrogen and oxygen atoms in total. The Morgan fingerprint density at radius 2 is 2.00 bits per heavy atom. The Morgan fingerprint density at radius 3 is 2.60 bits per heavy atom. The van der Waals surface area contributed by atoms with Crippen LogP contribution in [0.2, 0.25) is 5.02 Å². The Bertz CT molecular complexity index is 558. The smallest absolute Gasteiger partial charge is 0.269 e. The van der Waals surface area contributed by atoms with E-state index in [1.807, 2.05) is 30.3 Å². The number of carbonyl (C=O) groups excluding carboxylic acids is 1. The number of carbonyl (C=O) groups is 1. The second-order valence-electron chi connectivity index (χ2n) is 4.36. The van der Waals surface area contributed by atoms with Crippen molar-refractivity contribution in [2.24, 2.45) is 0 Å². The lowest BCUT2D eigenvalue weighted by Crippen LogP contribution is -2.30. The van der Waals surface area contributed by atoms with E-state index in [1.54, 1.807) is 12.1 Å². The summed E-state index contributed by atoms with van der Waals surface area (Å²) >= 11 is 5.72. The van der Waals surface area contributed by atoms with Gasteiger partial charge in [-0.1, -0.05) is 41.9 Å². The molecule has 1 atom stereocenters. The van der Waals surface area contributed by atoms with Crippen molar-refractivity contribution in [2.75, 3.05) is 13.2 Å². The van der Waals surface area contributed by atoms with Gasteiger partial charge in [0.1, 0.15) is 5.69 Å². The van der Waals surface area contributed by atoms with Gasteiger partial charge in [-0.3, -0.25) is 4.79 Å². The van der Waals surface area contributed by atoms with Crippen molar-refractivity contribution in [1.29, 1.82) is 0 Å². The van der Waals surface area contributed by atoms with Gasteiger partial charge < -0.3 is 10.4 Å². The van der Waals surface area contributed by atoms with Crippen LogP contribution in [0.5, 0.6) is 0 Å². The molecular formula is C15H15ClN2O2. The van der Waals surface area contributed by atoms with Gasteiger partial charge in [0, 0.05) is 18.7 Å². The molecule has 0 radical (unpaired) electrons. The van der Waals surface area contributed by atoms with Crippen molar-refractivity contribution in [3.63, 3.8) is 0 Å². The molecule has 0 saturated carbocycles. The SMILES string of the molecule is O=C(NCC(CO)c1ccccc1)c1ccc(Cl)cn1. The third-order valence-electron chi connectivity index (χ3n) is 2.96. The molecule has 0 bridgehead atoms. The first-order chi connectivity index (χ1) is 9.70. The molecule has 104 valence electrons. The van der Waals surface area contributed by atoms with Crippen LogP contribution in [0.15, 0.2) is 48.7 Å². The lowest BCUT2D eigenvalue weighted by molar-refractivity contribution is 0.0942. The molecule has 2 aromatic rings. The molecule has 0 saturated heterocycles. The number of pyridine rings is 1. The second-order valence-corrected chi connectivity index (χ2v) is 4.80. The molecule has 1 amide bonds. The number of rotatable bonds is 5. The number of aliphatic hydroxyl groups excluding tert-OH is 1. The number of nitrogens with zero attached hydrogens (tertiary/aromatic N) is 1. The van der Waals surface area contributed by atoms with Gasteiger partial charge in [0.2, 0.25) is 0 Å². The molecule has 5 heteroatoms. The minimum Gasteiger partial charge on any atom is -0.396 e. The van der Waals surface area contributed by atoms with Crippen LogP contribution < -0.4 is 5.32 Å². The minimum absolute atomic E-state index is 0.0294. The molecule has 2 rings (SSSR count). The molecule has 2 N–H and O–H groups in total. The summed E-state index contributed by atoms with van der Waals surface area (Å²) in [5.74, 6) is -0.413. The van der Waals surface area contributed by atoms with Crippen LogP contribution in [0, 0.1) is 0 Å². The molecule has 0 aliphatic carbocycles. The molecule has 1 heterocycles. The van der Waals surface area contributed by atoms with E-state index in [4.69, 9.17) is 11.6 Å². The number of aliphatic hydroxyl groups is 1. The lowest BCUT2D eigenvalue weighted by Gasteiger charge is -2.15. The van der Waals surface area contributed by atoms with Crippen LogP contribution in [0.1, 0.15) is 22.0 Å². The minimum atomic E-state index is -0.281. The molecule has 0 aliphatic heterocycles. The van der Waals surface area contributed by atoms with Crippen molar-refractivity contribution >= 4 is 17.5 Å². The summed E-state index contributed by atoms with van der Waals surface area (Å²) in [6.45, 7) is 0.321. The average molecular weight is 291 g/mol. The van der Waals surface area contributed by atoms with Crippen molar-refractivity contribution < 1.29 is 9.90 Å². The Morgan fingerprint density at radius 1 is 1.25 bits per heavy atom. The highest BCUT2D eigenvalue weighted by atomic mass is 35.5. The molecule has 1 aromatic carbocycles. The van der Waals surface area contributed by atoms with E-state index in [0.29, 0.717) is 17.3 Å². The average Bonchev–Trinajstić information content (AvgIpc) is 2.49. The van der Waals surface area contributed by atoms with E-state index in [9.17, 15) is 9.90 Å². The van der Waals surface area contributed by atoms with E-state index in [0.717, 1.165) is 5.56 Å². The fourth-order valence-corrected chi connectivity index (χ4v) is 1.94. The first kappa shape index (κ1) is 14.5. The van der Waals surface area contributed by atoms with Crippen LogP contribution in [-0.2, 0) is 0 Å². The normalized spacial score (nSPS) is 11.9. The third kappa shape index (κ3) is 3.79. The molecule has 1 aromatic heterocycles. The van der Waals surface area contributed by atoms with Gasteiger partial charge in [-0.2, -0.15) is 0 Å². The van der Waals surface area contributed by atoms with Gasteiger partial charge in [-0.05, 0) is 17.7 Å². The maximum atomic E-state index is 11.9. The van der Waals surface area contributed by atoms with Crippen LogP contribution in [-0.4, -0.2) is 29.1 Å². The number of nitrogens with one attached hydrogen (secondary N) is 1. The molecular weight excluding hydrogens is 276 g/mol. The summed E-state index contributed by atoms with van der Waals surface area (Å²) in [6.07, 6.45) is 1.43. The summed E-state index contributed by atoms with van der Waals surface area (Å²) in [4.78, 5) is 15.9. The predicted octanol–water partition coefficient (Wildman–Crippen LogP) is 2.24. The van der Waals surface area contributed by atoms with Crippen molar-refractivity contribution in [3.05, 3.63) is 64.9 Å². The van der Waals surface area contributed by atoms with Gasteiger partial charge >= 0.3 is 0 Å². The van der Waals surface area contributed by atoms with Gasteiger partial charge in [0.15, 0.2) is 0 Å². The van der Waals surface area contributed by atoms with Crippen molar-refractivity contribution in [1.82, 2.24) is 10.3 Å². The van der Waals surface area contributed by atoms with Gasteiger partial charge in [0.05, 0.1) is 11.6 Å². The standard InChI is InChI=1S/C15H15ClN2O2/c16-13-6-7-14(17-9-13)15(20)18-8-12(10-19)11-4-2-1-3-5-11/h1-7,9,12,19H,8,10H2,(H,18,20).